The van der Waals surface area contributed by atoms with Gasteiger partial charge in [-0.05, 0) is 55.3 Å². The van der Waals surface area contributed by atoms with Crippen LogP contribution in [0.2, 0.25) is 0 Å². The molecule has 1 saturated heterocycles. The summed E-state index contributed by atoms with van der Waals surface area (Å²) < 4.78 is 0. The van der Waals surface area contributed by atoms with E-state index in [0.29, 0.717) is 0 Å². The predicted molar refractivity (Wildman–Crippen MR) is 74.3 cm³/mol. The Bertz CT molecular complexity index is 406. The average Bonchev–Trinajstić information content (AvgIpc) is 2.71. The lowest BCUT2D eigenvalue weighted by atomic mass is 9.68. The second kappa shape index (κ2) is 4.13. The molecule has 1 aromatic rings. The molecule has 0 amide bonds. The molecule has 0 radical (unpaired) electrons. The molecule has 0 saturated carbocycles. The van der Waals surface area contributed by atoms with Crippen LogP contribution in [0, 0.1) is 19.3 Å². The number of nitrogens with one attached hydrogen (secondary N) is 1. The number of aryl methyl sites for hydroxylation is 2. The molecular weight excluding hydrogens is 206 g/mol. The van der Waals surface area contributed by atoms with E-state index in [9.17, 15) is 0 Å². The molecule has 1 aliphatic rings. The van der Waals surface area contributed by atoms with Crippen LogP contribution in [-0.4, -0.2) is 6.54 Å². The molecular formula is C16H25N. The minimum atomic E-state index is 0.158. The standard InChI is InChI=1S/C16H25N/c1-12-7-8-14(11-13(12)2)16(15(3,4)5)9-6-10-17-16/h7-8,11,17H,6,9-10H2,1-5H3. The topological polar surface area (TPSA) is 12.0 Å². The van der Waals surface area contributed by atoms with Crippen molar-refractivity contribution in [1.29, 1.82) is 0 Å². The van der Waals surface area contributed by atoms with E-state index in [0.717, 1.165) is 6.54 Å². The molecule has 0 spiro atoms. The Morgan fingerprint density at radius 3 is 2.29 bits per heavy atom. The summed E-state index contributed by atoms with van der Waals surface area (Å²) >= 11 is 0. The molecule has 1 heterocycles. The van der Waals surface area contributed by atoms with E-state index in [2.05, 4.69) is 58.1 Å². The second-order valence-corrected chi connectivity index (χ2v) is 6.48. The summed E-state index contributed by atoms with van der Waals surface area (Å²) in [4.78, 5) is 0. The van der Waals surface area contributed by atoms with E-state index >= 15 is 0 Å². The Morgan fingerprint density at radius 2 is 1.82 bits per heavy atom. The molecule has 1 fully saturated rings. The Hall–Kier alpha value is -0.820. The third-order valence-corrected chi connectivity index (χ3v) is 4.44. The van der Waals surface area contributed by atoms with Crippen molar-refractivity contribution in [3.63, 3.8) is 0 Å². The molecule has 17 heavy (non-hydrogen) atoms. The first kappa shape index (κ1) is 12.6. The van der Waals surface area contributed by atoms with Gasteiger partial charge in [0.15, 0.2) is 0 Å². The highest BCUT2D eigenvalue weighted by atomic mass is 15.0. The highest BCUT2D eigenvalue weighted by molar-refractivity contribution is 5.36. The van der Waals surface area contributed by atoms with Gasteiger partial charge in [-0.3, -0.25) is 0 Å². The van der Waals surface area contributed by atoms with Crippen LogP contribution in [0.5, 0.6) is 0 Å². The Balaban J connectivity index is 2.50. The normalized spacial score (nSPS) is 25.2. The molecule has 1 N–H and O–H groups in total. The van der Waals surface area contributed by atoms with Crippen molar-refractivity contribution in [3.05, 3.63) is 34.9 Å². The SMILES string of the molecule is Cc1ccc(C2(C(C)(C)C)CCCN2)cc1C. The number of rotatable bonds is 1. The van der Waals surface area contributed by atoms with Crippen LogP contribution in [0.1, 0.15) is 50.3 Å². The summed E-state index contributed by atoms with van der Waals surface area (Å²) in [6, 6.07) is 6.95. The molecule has 94 valence electrons. The molecule has 1 aliphatic heterocycles. The Labute approximate surface area is 106 Å². The summed E-state index contributed by atoms with van der Waals surface area (Å²) in [5.41, 5.74) is 4.66. The molecule has 1 nitrogen and oxygen atoms in total. The molecule has 0 aromatic heterocycles. The lowest BCUT2D eigenvalue weighted by Gasteiger charge is -2.43. The maximum absolute atomic E-state index is 3.77. The Morgan fingerprint density at radius 1 is 1.12 bits per heavy atom. The van der Waals surface area contributed by atoms with Crippen LogP contribution in [0.3, 0.4) is 0 Å². The van der Waals surface area contributed by atoms with Crippen molar-refractivity contribution in [3.8, 4) is 0 Å². The average molecular weight is 231 g/mol. The number of hydrogen-bond acceptors (Lipinski definition) is 1. The second-order valence-electron chi connectivity index (χ2n) is 6.48. The summed E-state index contributed by atoms with van der Waals surface area (Å²) in [5.74, 6) is 0. The van der Waals surface area contributed by atoms with Crippen molar-refractivity contribution < 1.29 is 0 Å². The zero-order chi connectivity index (χ0) is 12.7. The largest absolute Gasteiger partial charge is 0.307 e. The van der Waals surface area contributed by atoms with E-state index in [4.69, 9.17) is 0 Å². The third-order valence-electron chi connectivity index (χ3n) is 4.44. The fraction of sp³-hybridized carbons (Fsp3) is 0.625. The first-order valence-electron chi connectivity index (χ1n) is 6.70. The first-order chi connectivity index (χ1) is 7.87. The van der Waals surface area contributed by atoms with Gasteiger partial charge < -0.3 is 5.32 Å². The van der Waals surface area contributed by atoms with Gasteiger partial charge in [0.2, 0.25) is 0 Å². The van der Waals surface area contributed by atoms with Crippen LogP contribution in [-0.2, 0) is 5.54 Å². The van der Waals surface area contributed by atoms with E-state index in [-0.39, 0.29) is 11.0 Å². The van der Waals surface area contributed by atoms with Gasteiger partial charge in [0, 0.05) is 5.54 Å². The zero-order valence-corrected chi connectivity index (χ0v) is 11.9. The van der Waals surface area contributed by atoms with E-state index in [1.54, 1.807) is 0 Å². The monoisotopic (exact) mass is 231 g/mol. The van der Waals surface area contributed by atoms with Crippen LogP contribution >= 0.6 is 0 Å². The highest BCUT2D eigenvalue weighted by Gasteiger charge is 2.45. The quantitative estimate of drug-likeness (QED) is 0.772. The van der Waals surface area contributed by atoms with Gasteiger partial charge in [-0.25, -0.2) is 0 Å². The van der Waals surface area contributed by atoms with Crippen LogP contribution in [0.15, 0.2) is 18.2 Å². The van der Waals surface area contributed by atoms with Crippen molar-refractivity contribution in [2.45, 2.75) is 53.0 Å². The first-order valence-corrected chi connectivity index (χ1v) is 6.70. The van der Waals surface area contributed by atoms with Gasteiger partial charge in [0.25, 0.3) is 0 Å². The number of benzene rings is 1. The van der Waals surface area contributed by atoms with Crippen molar-refractivity contribution in [1.82, 2.24) is 5.32 Å². The fourth-order valence-corrected chi connectivity index (χ4v) is 3.07. The van der Waals surface area contributed by atoms with Gasteiger partial charge in [-0.2, -0.15) is 0 Å². The fourth-order valence-electron chi connectivity index (χ4n) is 3.07. The van der Waals surface area contributed by atoms with E-state index in [1.165, 1.54) is 29.5 Å². The molecule has 1 unspecified atom stereocenters. The molecule has 0 aliphatic carbocycles. The van der Waals surface area contributed by atoms with Crippen LogP contribution in [0.25, 0.3) is 0 Å². The van der Waals surface area contributed by atoms with E-state index < -0.39 is 0 Å². The van der Waals surface area contributed by atoms with Crippen LogP contribution in [0.4, 0.5) is 0 Å². The molecule has 2 rings (SSSR count). The smallest absolute Gasteiger partial charge is 0.0484 e. The molecule has 1 atom stereocenters. The summed E-state index contributed by atoms with van der Waals surface area (Å²) in [6.07, 6.45) is 2.53. The maximum Gasteiger partial charge on any atom is 0.0484 e. The van der Waals surface area contributed by atoms with Gasteiger partial charge in [0.05, 0.1) is 0 Å². The van der Waals surface area contributed by atoms with Gasteiger partial charge in [0.1, 0.15) is 0 Å². The van der Waals surface area contributed by atoms with Crippen molar-refractivity contribution in [2.75, 3.05) is 6.54 Å². The van der Waals surface area contributed by atoms with E-state index in [1.807, 2.05) is 0 Å². The number of hydrogen-bond donors (Lipinski definition) is 1. The summed E-state index contributed by atoms with van der Waals surface area (Å²) in [7, 11) is 0. The minimum absolute atomic E-state index is 0.158. The molecule has 1 aromatic carbocycles. The van der Waals surface area contributed by atoms with Crippen LogP contribution < -0.4 is 5.32 Å². The predicted octanol–water partition coefficient (Wildman–Crippen LogP) is 3.93. The summed E-state index contributed by atoms with van der Waals surface area (Å²) in [5, 5.41) is 3.77. The zero-order valence-electron chi connectivity index (χ0n) is 11.9. The Kier molecular flexibility index (Phi) is 3.07. The van der Waals surface area contributed by atoms with Crippen molar-refractivity contribution in [2.24, 2.45) is 5.41 Å². The third kappa shape index (κ3) is 2.01. The maximum atomic E-state index is 3.77. The molecule has 0 bridgehead atoms. The van der Waals surface area contributed by atoms with Crippen molar-refractivity contribution >= 4 is 0 Å². The lowest BCUT2D eigenvalue weighted by molar-refractivity contribution is 0.160. The van der Waals surface area contributed by atoms with Gasteiger partial charge in [-0.15, -0.1) is 0 Å². The minimum Gasteiger partial charge on any atom is -0.307 e. The molecule has 1 heteroatoms. The summed E-state index contributed by atoms with van der Waals surface area (Å²) in [6.45, 7) is 12.6. The highest BCUT2D eigenvalue weighted by Crippen LogP contribution is 2.45. The van der Waals surface area contributed by atoms with Gasteiger partial charge in [-0.1, -0.05) is 39.0 Å². The lowest BCUT2D eigenvalue weighted by Crippen LogP contribution is -2.48. The van der Waals surface area contributed by atoms with Gasteiger partial charge >= 0.3 is 0 Å².